The maximum absolute atomic E-state index is 13.9. The lowest BCUT2D eigenvalue weighted by Gasteiger charge is -2.12. The van der Waals surface area contributed by atoms with Crippen LogP contribution < -0.4 is 14.6 Å². The fraction of sp³-hybridized carbons (Fsp3) is 0.615. The van der Waals surface area contributed by atoms with Crippen molar-refractivity contribution in [2.24, 2.45) is 13.0 Å². The maximum Gasteiger partial charge on any atom is 0.403 e. The molecule has 2 heterocycles. The number of nitrogens with zero attached hydrogens (tertiary/aromatic N) is 1. The molecule has 19 heavy (non-hydrogen) atoms. The molecule has 0 amide bonds. The number of rotatable bonds is 5. The van der Waals surface area contributed by atoms with Crippen molar-refractivity contribution in [3.05, 3.63) is 21.8 Å². The van der Waals surface area contributed by atoms with Crippen LogP contribution in [0.25, 0.3) is 0 Å². The van der Waals surface area contributed by atoms with Crippen LogP contribution in [-0.4, -0.2) is 32.9 Å². The van der Waals surface area contributed by atoms with Gasteiger partial charge in [0.25, 0.3) is 0 Å². The Hall–Kier alpha value is -0.470. The van der Waals surface area contributed by atoms with E-state index < -0.39 is 0 Å². The molecule has 1 aliphatic heterocycles. The van der Waals surface area contributed by atoms with E-state index in [9.17, 15) is 4.39 Å². The summed E-state index contributed by atoms with van der Waals surface area (Å²) in [6, 6.07) is 2.11. The van der Waals surface area contributed by atoms with Crippen LogP contribution in [0.5, 0.6) is 5.75 Å². The first kappa shape index (κ1) is 14.9. The van der Waals surface area contributed by atoms with E-state index in [-0.39, 0.29) is 12.0 Å². The molecule has 0 aliphatic carbocycles. The summed E-state index contributed by atoms with van der Waals surface area (Å²) in [5.41, 5.74) is 0. The van der Waals surface area contributed by atoms with Crippen LogP contribution in [0.15, 0.2) is 12.3 Å². The monoisotopic (exact) mass is 381 g/mol. The average molecular weight is 381 g/mol. The Morgan fingerprint density at radius 3 is 3.05 bits per heavy atom. The molecule has 0 bridgehead atoms. The number of hydrogen-bond acceptors (Lipinski definition) is 3. The number of halogens is 2. The van der Waals surface area contributed by atoms with E-state index in [1.54, 1.807) is 20.4 Å². The van der Waals surface area contributed by atoms with Gasteiger partial charge in [-0.1, -0.05) is 0 Å². The van der Waals surface area contributed by atoms with Crippen LogP contribution in [-0.2, 0) is 11.8 Å². The summed E-state index contributed by atoms with van der Waals surface area (Å²) in [7, 11) is 3.38. The first-order chi connectivity index (χ1) is 9.11. The van der Waals surface area contributed by atoms with E-state index in [1.807, 2.05) is 6.07 Å². The predicted octanol–water partition coefficient (Wildman–Crippen LogP) is 1.26. The molecule has 0 saturated carbocycles. The van der Waals surface area contributed by atoms with Gasteiger partial charge in [-0.2, -0.15) is 4.57 Å². The minimum Gasteiger partial charge on any atom is -0.483 e. The third-order valence-electron chi connectivity index (χ3n) is 3.30. The van der Waals surface area contributed by atoms with E-state index in [0.29, 0.717) is 18.3 Å². The highest BCUT2D eigenvalue weighted by Crippen LogP contribution is 2.23. The van der Waals surface area contributed by atoms with E-state index in [0.717, 1.165) is 23.1 Å². The van der Waals surface area contributed by atoms with Crippen LogP contribution in [0, 0.1) is 15.4 Å². The molecular weight excluding hydrogens is 362 g/mol. The van der Waals surface area contributed by atoms with Crippen molar-refractivity contribution >= 4 is 22.6 Å². The summed E-state index contributed by atoms with van der Waals surface area (Å²) in [6.07, 6.45) is 2.69. The van der Waals surface area contributed by atoms with Crippen molar-refractivity contribution < 1.29 is 18.4 Å². The zero-order valence-electron chi connectivity index (χ0n) is 11.2. The van der Waals surface area contributed by atoms with Crippen LogP contribution in [0.4, 0.5) is 4.39 Å². The number of pyridine rings is 1. The zero-order valence-corrected chi connectivity index (χ0v) is 13.3. The summed E-state index contributed by atoms with van der Waals surface area (Å²) < 4.78 is 26.9. The Kier molecular flexibility index (Phi) is 5.35. The van der Waals surface area contributed by atoms with Gasteiger partial charge in [-0.3, -0.25) is 0 Å². The van der Waals surface area contributed by atoms with Gasteiger partial charge in [-0.05, 0) is 34.9 Å². The number of aryl methyl sites for hydroxylation is 1. The minimum atomic E-state index is -0.335. The second kappa shape index (κ2) is 6.81. The van der Waals surface area contributed by atoms with Crippen molar-refractivity contribution in [3.8, 4) is 5.75 Å². The second-order valence-corrected chi connectivity index (χ2v) is 6.03. The van der Waals surface area contributed by atoms with E-state index in [4.69, 9.17) is 9.47 Å². The smallest absolute Gasteiger partial charge is 0.403 e. The molecule has 106 valence electrons. The fourth-order valence-electron chi connectivity index (χ4n) is 2.28. The molecule has 1 aromatic rings. The second-order valence-electron chi connectivity index (χ2n) is 4.87. The number of aromatic nitrogens is 1. The SMILES string of the molecule is COCC1CN[C@H](COc2c(I)cc[n+](C)c2F)C1. The Balaban J connectivity index is 1.91. The molecular formula is C13H19FIN2O2+. The highest BCUT2D eigenvalue weighted by atomic mass is 127. The number of nitrogens with one attached hydrogen (secondary N) is 1. The van der Waals surface area contributed by atoms with Gasteiger partial charge < -0.3 is 14.8 Å². The summed E-state index contributed by atoms with van der Waals surface area (Å²) in [4.78, 5) is 0. The van der Waals surface area contributed by atoms with Gasteiger partial charge in [-0.25, -0.2) is 0 Å². The number of hydrogen-bond donors (Lipinski definition) is 1. The fourth-order valence-corrected chi connectivity index (χ4v) is 2.82. The van der Waals surface area contributed by atoms with Crippen LogP contribution in [0.2, 0.25) is 0 Å². The molecule has 0 aromatic carbocycles. The maximum atomic E-state index is 13.9. The molecule has 1 aromatic heterocycles. The van der Waals surface area contributed by atoms with Crippen LogP contribution in [0.1, 0.15) is 6.42 Å². The Morgan fingerprint density at radius 1 is 1.53 bits per heavy atom. The molecule has 1 fully saturated rings. The lowest BCUT2D eigenvalue weighted by Crippen LogP contribution is -2.34. The summed E-state index contributed by atoms with van der Waals surface area (Å²) >= 11 is 2.09. The van der Waals surface area contributed by atoms with E-state index >= 15 is 0 Å². The average Bonchev–Trinajstić information content (AvgIpc) is 2.82. The van der Waals surface area contributed by atoms with Crippen molar-refractivity contribution in [2.45, 2.75) is 12.5 Å². The molecule has 0 spiro atoms. The molecule has 2 rings (SSSR count). The standard InChI is InChI=1S/C13H19FIN2O2/c1-17-4-3-11(15)12(13(17)14)19-8-10-5-9(6-16-10)7-18-2/h3-4,9-10,16H,5-8H2,1-2H3/q+1/t9?,10-/m0/s1. The largest absolute Gasteiger partial charge is 0.483 e. The van der Waals surface area contributed by atoms with Crippen LogP contribution in [0.3, 0.4) is 0 Å². The number of methoxy groups -OCH3 is 1. The number of ether oxygens (including phenoxy) is 2. The Labute approximate surface area is 126 Å². The molecule has 0 radical (unpaired) electrons. The van der Waals surface area contributed by atoms with E-state index in [2.05, 4.69) is 27.9 Å². The first-order valence-corrected chi connectivity index (χ1v) is 7.38. The van der Waals surface area contributed by atoms with Crippen molar-refractivity contribution in [1.82, 2.24) is 5.32 Å². The first-order valence-electron chi connectivity index (χ1n) is 6.30. The van der Waals surface area contributed by atoms with Gasteiger partial charge in [0.05, 0.1) is 10.2 Å². The Bertz CT molecular complexity index is 445. The van der Waals surface area contributed by atoms with Gasteiger partial charge in [0.1, 0.15) is 13.7 Å². The van der Waals surface area contributed by atoms with Crippen molar-refractivity contribution in [1.29, 1.82) is 0 Å². The lowest BCUT2D eigenvalue weighted by atomic mass is 10.1. The van der Waals surface area contributed by atoms with Gasteiger partial charge in [0.15, 0.2) is 6.20 Å². The summed E-state index contributed by atoms with van der Waals surface area (Å²) in [5, 5.41) is 3.38. The van der Waals surface area contributed by atoms with E-state index in [1.165, 1.54) is 4.57 Å². The molecule has 1 unspecified atom stereocenters. The molecule has 4 nitrogen and oxygen atoms in total. The van der Waals surface area contributed by atoms with Crippen molar-refractivity contribution in [2.75, 3.05) is 26.9 Å². The van der Waals surface area contributed by atoms with Gasteiger partial charge in [0.2, 0.25) is 5.75 Å². The van der Waals surface area contributed by atoms with Gasteiger partial charge in [-0.15, -0.1) is 4.39 Å². The van der Waals surface area contributed by atoms with Gasteiger partial charge >= 0.3 is 5.95 Å². The normalized spacial score (nSPS) is 22.7. The predicted molar refractivity (Wildman–Crippen MR) is 77.6 cm³/mol. The molecule has 6 heteroatoms. The third-order valence-corrected chi connectivity index (χ3v) is 4.15. The highest BCUT2D eigenvalue weighted by molar-refractivity contribution is 14.1. The quantitative estimate of drug-likeness (QED) is 0.474. The lowest BCUT2D eigenvalue weighted by molar-refractivity contribution is -0.700. The zero-order chi connectivity index (χ0) is 13.8. The molecule has 1 saturated heterocycles. The Morgan fingerprint density at radius 2 is 2.32 bits per heavy atom. The third kappa shape index (κ3) is 3.76. The molecule has 2 atom stereocenters. The summed E-state index contributed by atoms with van der Waals surface area (Å²) in [6.45, 7) is 2.18. The summed E-state index contributed by atoms with van der Waals surface area (Å²) in [5.74, 6) is 0.523. The molecule has 1 aliphatic rings. The van der Waals surface area contributed by atoms with Crippen molar-refractivity contribution in [3.63, 3.8) is 0 Å². The minimum absolute atomic E-state index is 0.265. The highest BCUT2D eigenvalue weighted by Gasteiger charge is 2.26. The van der Waals surface area contributed by atoms with Gasteiger partial charge in [0, 0.05) is 25.8 Å². The molecule has 1 N–H and O–H groups in total. The van der Waals surface area contributed by atoms with Crippen LogP contribution >= 0.6 is 22.6 Å². The topological polar surface area (TPSA) is 34.4 Å².